The number of hydrogen-bond donors (Lipinski definition) is 1. The van der Waals surface area contributed by atoms with Gasteiger partial charge in [-0.1, -0.05) is 56.3 Å². The number of benzene rings is 2. The molecule has 0 bridgehead atoms. The first-order valence-electron chi connectivity index (χ1n) is 10.6. The van der Waals surface area contributed by atoms with E-state index in [0.29, 0.717) is 6.61 Å². The molecule has 1 aromatic heterocycles. The molecule has 1 saturated carbocycles. The molecule has 3 aromatic rings. The predicted octanol–water partition coefficient (Wildman–Crippen LogP) is 5.98. The standard InChI is InChI=1S/C23H22N4O.C2H6/c1-15-7-6-10-21(16(15)2)28-14-19-13-20(17-11-12-17)27-23(24-19)25-22(26-27)18-8-4-3-5-9-18;1-2/h3-10,13H,11-12,14H2,1-2H3,(H,24,25,26);1-2H3. The third kappa shape index (κ3) is 4.01. The molecule has 0 atom stereocenters. The van der Waals surface area contributed by atoms with Gasteiger partial charge in [0.15, 0.2) is 5.82 Å². The number of allylic oxidation sites excluding steroid dienone is 3. The number of rotatable bonds is 4. The van der Waals surface area contributed by atoms with E-state index in [-0.39, 0.29) is 0 Å². The molecule has 1 aliphatic heterocycles. The van der Waals surface area contributed by atoms with E-state index < -0.39 is 0 Å². The first-order valence-corrected chi connectivity index (χ1v) is 10.6. The van der Waals surface area contributed by atoms with Crippen LogP contribution in [0.1, 0.15) is 37.8 Å². The Bertz CT molecular complexity index is 1100. The number of aromatic nitrogens is 3. The number of aryl methyl sites for hydroxylation is 1. The Morgan fingerprint density at radius 2 is 1.77 bits per heavy atom. The third-order valence-corrected chi connectivity index (χ3v) is 5.25. The fourth-order valence-electron chi connectivity index (χ4n) is 3.36. The van der Waals surface area contributed by atoms with E-state index in [1.165, 1.54) is 16.7 Å². The highest BCUT2D eigenvalue weighted by Crippen LogP contribution is 2.38. The third-order valence-electron chi connectivity index (χ3n) is 5.25. The van der Waals surface area contributed by atoms with Crippen molar-refractivity contribution < 1.29 is 4.74 Å². The predicted molar refractivity (Wildman–Crippen MR) is 122 cm³/mol. The van der Waals surface area contributed by atoms with Crippen LogP contribution >= 0.6 is 0 Å². The molecule has 0 radical (unpaired) electrons. The quantitative estimate of drug-likeness (QED) is 0.585. The maximum atomic E-state index is 6.10. The van der Waals surface area contributed by atoms with Gasteiger partial charge in [-0.2, -0.15) is 9.67 Å². The van der Waals surface area contributed by atoms with Crippen LogP contribution < -0.4 is 10.1 Å². The Labute approximate surface area is 178 Å². The van der Waals surface area contributed by atoms with E-state index in [0.717, 1.165) is 47.3 Å². The fourth-order valence-corrected chi connectivity index (χ4v) is 3.36. The Balaban J connectivity index is 0.00000106. The van der Waals surface area contributed by atoms with Crippen molar-refractivity contribution in [1.29, 1.82) is 0 Å². The molecule has 0 spiro atoms. The zero-order valence-corrected chi connectivity index (χ0v) is 18.1. The first-order chi connectivity index (χ1) is 14.7. The SMILES string of the molecule is CC.Cc1cccc(OCC2=CC(=C3CC3)n3nc(-c4ccccc4)nc3N2)c1C. The van der Waals surface area contributed by atoms with Crippen molar-refractivity contribution in [2.75, 3.05) is 11.9 Å². The number of anilines is 1. The Kier molecular flexibility index (Phi) is 5.70. The highest BCUT2D eigenvalue weighted by atomic mass is 16.5. The minimum Gasteiger partial charge on any atom is -0.487 e. The van der Waals surface area contributed by atoms with Crippen LogP contribution in [0.4, 0.5) is 5.95 Å². The Morgan fingerprint density at radius 3 is 2.50 bits per heavy atom. The molecular weight excluding hydrogens is 372 g/mol. The molecular formula is C25H28N4O. The van der Waals surface area contributed by atoms with Crippen molar-refractivity contribution in [2.45, 2.75) is 40.5 Å². The van der Waals surface area contributed by atoms with Crippen molar-refractivity contribution in [3.8, 4) is 17.1 Å². The van der Waals surface area contributed by atoms with E-state index >= 15 is 0 Å². The van der Waals surface area contributed by atoms with Crippen LogP contribution in [-0.2, 0) is 0 Å². The zero-order chi connectivity index (χ0) is 21.1. The summed E-state index contributed by atoms with van der Waals surface area (Å²) in [5.41, 5.74) is 6.96. The molecule has 0 amide bonds. The summed E-state index contributed by atoms with van der Waals surface area (Å²) in [5.74, 6) is 2.39. The van der Waals surface area contributed by atoms with Gasteiger partial charge in [-0.05, 0) is 55.5 Å². The van der Waals surface area contributed by atoms with Gasteiger partial charge < -0.3 is 10.1 Å². The Morgan fingerprint density at radius 1 is 1.00 bits per heavy atom. The van der Waals surface area contributed by atoms with Gasteiger partial charge in [-0.25, -0.2) is 0 Å². The summed E-state index contributed by atoms with van der Waals surface area (Å²) in [6.07, 6.45) is 4.39. The monoisotopic (exact) mass is 400 g/mol. The van der Waals surface area contributed by atoms with Crippen LogP contribution in [0, 0.1) is 13.8 Å². The molecule has 0 unspecified atom stereocenters. The van der Waals surface area contributed by atoms with E-state index in [4.69, 9.17) is 14.8 Å². The van der Waals surface area contributed by atoms with Crippen molar-refractivity contribution in [1.82, 2.24) is 14.8 Å². The second kappa shape index (κ2) is 8.57. The lowest BCUT2D eigenvalue weighted by atomic mass is 10.1. The maximum Gasteiger partial charge on any atom is 0.230 e. The number of fused-ring (bicyclic) bond motifs is 1. The van der Waals surface area contributed by atoms with Crippen molar-refractivity contribution in [3.05, 3.63) is 77.0 Å². The maximum absolute atomic E-state index is 6.10. The minimum atomic E-state index is 0.467. The highest BCUT2D eigenvalue weighted by Gasteiger charge is 2.26. The molecule has 2 aromatic carbocycles. The van der Waals surface area contributed by atoms with Crippen molar-refractivity contribution >= 4 is 11.6 Å². The van der Waals surface area contributed by atoms with Gasteiger partial charge >= 0.3 is 0 Å². The molecule has 5 nitrogen and oxygen atoms in total. The topological polar surface area (TPSA) is 52.0 Å². The summed E-state index contributed by atoms with van der Waals surface area (Å²) in [4.78, 5) is 4.73. The molecule has 30 heavy (non-hydrogen) atoms. The van der Waals surface area contributed by atoms with Crippen LogP contribution in [0.3, 0.4) is 0 Å². The highest BCUT2D eigenvalue weighted by molar-refractivity contribution is 5.73. The fraction of sp³-hybridized carbons (Fsp3) is 0.280. The number of hydrogen-bond acceptors (Lipinski definition) is 4. The normalized spacial score (nSPS) is 14.2. The second-order valence-corrected chi connectivity index (χ2v) is 7.31. The lowest BCUT2D eigenvalue weighted by molar-refractivity contribution is 0.350. The molecule has 0 saturated heterocycles. The van der Waals surface area contributed by atoms with Gasteiger partial charge in [-0.3, -0.25) is 0 Å². The van der Waals surface area contributed by atoms with Crippen LogP contribution in [0.2, 0.25) is 0 Å². The van der Waals surface area contributed by atoms with E-state index in [2.05, 4.69) is 31.3 Å². The number of nitrogens with one attached hydrogen (secondary N) is 1. The first kappa shape index (κ1) is 20.0. The zero-order valence-electron chi connectivity index (χ0n) is 18.1. The molecule has 2 aliphatic rings. The summed E-state index contributed by atoms with van der Waals surface area (Å²) in [6, 6.07) is 16.2. The molecule has 154 valence electrons. The van der Waals surface area contributed by atoms with Crippen molar-refractivity contribution in [3.63, 3.8) is 0 Å². The summed E-state index contributed by atoms with van der Waals surface area (Å²) in [5, 5.41) is 8.14. The minimum absolute atomic E-state index is 0.467. The van der Waals surface area contributed by atoms with Gasteiger partial charge in [0.2, 0.25) is 5.95 Å². The summed E-state index contributed by atoms with van der Waals surface area (Å²) < 4.78 is 8.02. The van der Waals surface area contributed by atoms with Gasteiger partial charge in [-0.15, -0.1) is 5.10 Å². The second-order valence-electron chi connectivity index (χ2n) is 7.31. The number of nitrogens with zero attached hydrogens (tertiary/aromatic N) is 3. The molecule has 1 fully saturated rings. The molecule has 1 aliphatic carbocycles. The smallest absolute Gasteiger partial charge is 0.230 e. The van der Waals surface area contributed by atoms with Crippen LogP contribution in [-0.4, -0.2) is 21.4 Å². The average Bonchev–Trinajstić information content (AvgIpc) is 3.54. The van der Waals surface area contributed by atoms with Gasteiger partial charge in [0.25, 0.3) is 0 Å². The van der Waals surface area contributed by atoms with Crippen molar-refractivity contribution in [2.24, 2.45) is 0 Å². The average molecular weight is 401 g/mol. The van der Waals surface area contributed by atoms with Gasteiger partial charge in [0.1, 0.15) is 12.4 Å². The van der Waals surface area contributed by atoms with E-state index in [9.17, 15) is 0 Å². The lowest BCUT2D eigenvalue weighted by Gasteiger charge is -2.19. The van der Waals surface area contributed by atoms with E-state index in [1.54, 1.807) is 0 Å². The molecule has 5 rings (SSSR count). The molecule has 5 heteroatoms. The lowest BCUT2D eigenvalue weighted by Crippen LogP contribution is -2.18. The van der Waals surface area contributed by atoms with Crippen LogP contribution in [0.5, 0.6) is 5.75 Å². The van der Waals surface area contributed by atoms with Crippen LogP contribution in [0.25, 0.3) is 17.1 Å². The number of ether oxygens (including phenoxy) is 1. The molecule has 1 N–H and O–H groups in total. The van der Waals surface area contributed by atoms with Gasteiger partial charge in [0.05, 0.1) is 11.4 Å². The molecule has 2 heterocycles. The van der Waals surface area contributed by atoms with Crippen LogP contribution in [0.15, 0.2) is 65.9 Å². The largest absolute Gasteiger partial charge is 0.487 e. The summed E-state index contributed by atoms with van der Waals surface area (Å²) in [6.45, 7) is 8.66. The summed E-state index contributed by atoms with van der Waals surface area (Å²) >= 11 is 0. The summed E-state index contributed by atoms with van der Waals surface area (Å²) in [7, 11) is 0. The Hall–Kier alpha value is -3.34. The van der Waals surface area contributed by atoms with Gasteiger partial charge in [0, 0.05) is 5.56 Å². The van der Waals surface area contributed by atoms with E-state index in [1.807, 2.05) is 61.0 Å².